The molecule has 0 amide bonds. The number of anilines is 1. The second-order valence-electron chi connectivity index (χ2n) is 3.50. The third-order valence-corrected chi connectivity index (χ3v) is 2.40. The maximum atomic E-state index is 13.1. The zero-order valence-electron chi connectivity index (χ0n) is 8.63. The summed E-state index contributed by atoms with van der Waals surface area (Å²) in [5, 5.41) is 2.77. The monoisotopic (exact) mass is 211 g/mol. The van der Waals surface area contributed by atoms with Crippen LogP contribution in [0, 0.1) is 5.82 Å². The first-order chi connectivity index (χ1) is 7.29. The van der Waals surface area contributed by atoms with Gasteiger partial charge in [0.05, 0.1) is 18.9 Å². The molecule has 1 fully saturated rings. The summed E-state index contributed by atoms with van der Waals surface area (Å²) < 4.78 is 24.0. The van der Waals surface area contributed by atoms with Gasteiger partial charge in [-0.05, 0) is 12.1 Å². The van der Waals surface area contributed by atoms with E-state index in [1.807, 2.05) is 0 Å². The largest absolute Gasteiger partial charge is 0.488 e. The SMILES string of the molecule is CNc1cc(OC2CCOC2)ccc1F. The number of benzene rings is 1. The number of hydrogen-bond donors (Lipinski definition) is 1. The molecular weight excluding hydrogens is 197 g/mol. The van der Waals surface area contributed by atoms with Gasteiger partial charge in [0.1, 0.15) is 17.7 Å². The Bertz CT molecular complexity index is 337. The van der Waals surface area contributed by atoms with Crippen molar-refractivity contribution in [2.24, 2.45) is 0 Å². The predicted octanol–water partition coefficient (Wildman–Crippen LogP) is 2.04. The fourth-order valence-electron chi connectivity index (χ4n) is 1.57. The van der Waals surface area contributed by atoms with Crippen molar-refractivity contribution in [2.45, 2.75) is 12.5 Å². The zero-order chi connectivity index (χ0) is 10.7. The van der Waals surface area contributed by atoms with E-state index >= 15 is 0 Å². The molecule has 1 aromatic carbocycles. The number of rotatable bonds is 3. The molecular formula is C11H14FNO2. The summed E-state index contributed by atoms with van der Waals surface area (Å²) in [5.41, 5.74) is 0.450. The Morgan fingerprint density at radius 1 is 1.53 bits per heavy atom. The molecule has 1 unspecified atom stereocenters. The Hall–Kier alpha value is -1.29. The molecule has 1 atom stereocenters. The van der Waals surface area contributed by atoms with Gasteiger partial charge in [-0.25, -0.2) is 4.39 Å². The van der Waals surface area contributed by atoms with E-state index in [2.05, 4.69) is 5.32 Å². The zero-order valence-corrected chi connectivity index (χ0v) is 8.63. The van der Waals surface area contributed by atoms with Crippen LogP contribution in [0.3, 0.4) is 0 Å². The van der Waals surface area contributed by atoms with Crippen molar-refractivity contribution in [3.05, 3.63) is 24.0 Å². The number of halogens is 1. The normalized spacial score (nSPS) is 20.3. The van der Waals surface area contributed by atoms with Crippen LogP contribution in [0.1, 0.15) is 6.42 Å². The summed E-state index contributed by atoms with van der Waals surface area (Å²) in [6.45, 7) is 1.36. The van der Waals surface area contributed by atoms with Gasteiger partial charge in [-0.1, -0.05) is 0 Å². The first kappa shape index (κ1) is 10.2. The third-order valence-electron chi connectivity index (χ3n) is 2.40. The minimum Gasteiger partial charge on any atom is -0.488 e. The summed E-state index contributed by atoms with van der Waals surface area (Å²) in [4.78, 5) is 0. The van der Waals surface area contributed by atoms with Crippen LogP contribution >= 0.6 is 0 Å². The Morgan fingerprint density at radius 2 is 2.40 bits per heavy atom. The van der Waals surface area contributed by atoms with Crippen molar-refractivity contribution >= 4 is 5.69 Å². The van der Waals surface area contributed by atoms with Crippen LogP contribution in [0.5, 0.6) is 5.75 Å². The minimum absolute atomic E-state index is 0.0974. The van der Waals surface area contributed by atoms with Crippen LogP contribution in [0.15, 0.2) is 18.2 Å². The van der Waals surface area contributed by atoms with Crippen LogP contribution in [0.25, 0.3) is 0 Å². The van der Waals surface area contributed by atoms with Gasteiger partial charge in [0.25, 0.3) is 0 Å². The molecule has 0 aromatic heterocycles. The number of ether oxygens (including phenoxy) is 2. The first-order valence-electron chi connectivity index (χ1n) is 5.01. The average Bonchev–Trinajstić information content (AvgIpc) is 2.73. The van der Waals surface area contributed by atoms with Crippen molar-refractivity contribution in [3.8, 4) is 5.75 Å². The third kappa shape index (κ3) is 2.39. The van der Waals surface area contributed by atoms with Crippen molar-refractivity contribution in [2.75, 3.05) is 25.6 Å². The van der Waals surface area contributed by atoms with Crippen molar-refractivity contribution in [1.82, 2.24) is 0 Å². The lowest BCUT2D eigenvalue weighted by atomic mass is 10.2. The van der Waals surface area contributed by atoms with E-state index < -0.39 is 0 Å². The highest BCUT2D eigenvalue weighted by Gasteiger charge is 2.17. The molecule has 3 nitrogen and oxygen atoms in total. The highest BCUT2D eigenvalue weighted by atomic mass is 19.1. The maximum Gasteiger partial charge on any atom is 0.146 e. The van der Waals surface area contributed by atoms with E-state index in [0.29, 0.717) is 18.0 Å². The molecule has 0 spiro atoms. The smallest absolute Gasteiger partial charge is 0.146 e. The molecule has 0 saturated carbocycles. The first-order valence-corrected chi connectivity index (χ1v) is 5.01. The Labute approximate surface area is 88.2 Å². The van der Waals surface area contributed by atoms with Crippen molar-refractivity contribution < 1.29 is 13.9 Å². The summed E-state index contributed by atoms with van der Waals surface area (Å²) in [5.74, 6) is 0.406. The standard InChI is InChI=1S/C11H14FNO2/c1-13-11-6-8(2-3-10(11)12)15-9-4-5-14-7-9/h2-3,6,9,13H,4-5,7H2,1H3. The fourth-order valence-corrected chi connectivity index (χ4v) is 1.57. The topological polar surface area (TPSA) is 30.5 Å². The van der Waals surface area contributed by atoms with Gasteiger partial charge in [-0.2, -0.15) is 0 Å². The molecule has 1 heterocycles. The van der Waals surface area contributed by atoms with Crippen molar-refractivity contribution in [1.29, 1.82) is 0 Å². The van der Waals surface area contributed by atoms with E-state index in [1.165, 1.54) is 6.07 Å². The van der Waals surface area contributed by atoms with Crippen LogP contribution in [0.2, 0.25) is 0 Å². The lowest BCUT2D eigenvalue weighted by molar-refractivity contribution is 0.141. The van der Waals surface area contributed by atoms with Crippen LogP contribution in [-0.4, -0.2) is 26.4 Å². The number of hydrogen-bond acceptors (Lipinski definition) is 3. The maximum absolute atomic E-state index is 13.1. The van der Waals surface area contributed by atoms with E-state index in [4.69, 9.17) is 9.47 Å². The molecule has 0 aliphatic carbocycles. The van der Waals surface area contributed by atoms with Gasteiger partial charge in [-0.15, -0.1) is 0 Å². The summed E-state index contributed by atoms with van der Waals surface area (Å²) in [6.07, 6.45) is 0.992. The molecule has 4 heteroatoms. The van der Waals surface area contributed by atoms with Gasteiger partial charge in [0, 0.05) is 19.5 Å². The molecule has 1 aliphatic rings. The van der Waals surface area contributed by atoms with Gasteiger partial charge in [-0.3, -0.25) is 0 Å². The highest BCUT2D eigenvalue weighted by Crippen LogP contribution is 2.23. The quantitative estimate of drug-likeness (QED) is 0.829. The second kappa shape index (κ2) is 4.49. The molecule has 1 aromatic rings. The fraction of sp³-hybridized carbons (Fsp3) is 0.455. The van der Waals surface area contributed by atoms with E-state index in [-0.39, 0.29) is 11.9 Å². The van der Waals surface area contributed by atoms with Crippen LogP contribution in [-0.2, 0) is 4.74 Å². The summed E-state index contributed by atoms with van der Waals surface area (Å²) in [7, 11) is 1.68. The Kier molecular flexibility index (Phi) is 3.06. The van der Waals surface area contributed by atoms with E-state index in [1.54, 1.807) is 19.2 Å². The summed E-state index contributed by atoms with van der Waals surface area (Å²) in [6, 6.07) is 4.69. The van der Waals surface area contributed by atoms with E-state index in [0.717, 1.165) is 13.0 Å². The lowest BCUT2D eigenvalue weighted by Crippen LogP contribution is -2.15. The predicted molar refractivity (Wildman–Crippen MR) is 55.8 cm³/mol. The molecule has 1 aliphatic heterocycles. The number of nitrogens with one attached hydrogen (secondary N) is 1. The average molecular weight is 211 g/mol. The molecule has 82 valence electrons. The van der Waals surface area contributed by atoms with E-state index in [9.17, 15) is 4.39 Å². The minimum atomic E-state index is -0.271. The summed E-state index contributed by atoms with van der Waals surface area (Å²) >= 11 is 0. The molecule has 0 bridgehead atoms. The van der Waals surface area contributed by atoms with Crippen molar-refractivity contribution in [3.63, 3.8) is 0 Å². The molecule has 0 radical (unpaired) electrons. The molecule has 15 heavy (non-hydrogen) atoms. The van der Waals surface area contributed by atoms with Gasteiger partial charge in [0.2, 0.25) is 0 Å². The van der Waals surface area contributed by atoms with Crippen LogP contribution < -0.4 is 10.1 Å². The van der Waals surface area contributed by atoms with Gasteiger partial charge in [0.15, 0.2) is 0 Å². The lowest BCUT2D eigenvalue weighted by Gasteiger charge is -2.13. The van der Waals surface area contributed by atoms with Gasteiger partial charge >= 0.3 is 0 Å². The Morgan fingerprint density at radius 3 is 3.07 bits per heavy atom. The molecule has 1 N–H and O–H groups in total. The molecule has 1 saturated heterocycles. The molecule has 2 rings (SSSR count). The van der Waals surface area contributed by atoms with Gasteiger partial charge < -0.3 is 14.8 Å². The van der Waals surface area contributed by atoms with Crippen LogP contribution in [0.4, 0.5) is 10.1 Å². The Balaban J connectivity index is 2.07. The highest BCUT2D eigenvalue weighted by molar-refractivity contribution is 5.49. The second-order valence-corrected chi connectivity index (χ2v) is 3.50.